The standard InChI is InChI=1S/C19H19N5O3S/c1-24-13(9-25)12(8-20-24)17(26)22-19-15(11-4-2-3-5-14(11)28-19)18-21-16(23-27-18)10-6-7-10/h8-10H,2-7H2,1H3,(H,22,26). The molecule has 0 radical (unpaired) electrons. The molecule has 3 heterocycles. The third kappa shape index (κ3) is 2.86. The summed E-state index contributed by atoms with van der Waals surface area (Å²) >= 11 is 1.56. The molecule has 144 valence electrons. The van der Waals surface area contributed by atoms with E-state index >= 15 is 0 Å². The van der Waals surface area contributed by atoms with Crippen LogP contribution >= 0.6 is 11.3 Å². The molecule has 1 fully saturated rings. The highest BCUT2D eigenvalue weighted by molar-refractivity contribution is 7.17. The van der Waals surface area contributed by atoms with Gasteiger partial charge in [0.1, 0.15) is 10.7 Å². The Hall–Kier alpha value is -2.81. The number of aromatic nitrogens is 4. The molecule has 8 nitrogen and oxygen atoms in total. The van der Waals surface area contributed by atoms with Crippen molar-refractivity contribution >= 4 is 28.5 Å². The molecule has 1 amide bonds. The molecule has 3 aromatic rings. The molecular weight excluding hydrogens is 378 g/mol. The van der Waals surface area contributed by atoms with Crippen molar-refractivity contribution in [3.63, 3.8) is 0 Å². The number of anilines is 1. The van der Waals surface area contributed by atoms with Crippen LogP contribution in [0.3, 0.4) is 0 Å². The second-order valence-corrected chi connectivity index (χ2v) is 8.39. The highest BCUT2D eigenvalue weighted by Gasteiger charge is 2.32. The Bertz CT molecular complexity index is 1080. The van der Waals surface area contributed by atoms with Crippen LogP contribution in [0.15, 0.2) is 10.7 Å². The van der Waals surface area contributed by atoms with Gasteiger partial charge >= 0.3 is 0 Å². The first-order chi connectivity index (χ1) is 13.7. The zero-order valence-corrected chi connectivity index (χ0v) is 16.2. The average molecular weight is 397 g/mol. The Balaban J connectivity index is 1.54. The lowest BCUT2D eigenvalue weighted by molar-refractivity contribution is 0.101. The Morgan fingerprint density at radius 3 is 2.96 bits per heavy atom. The van der Waals surface area contributed by atoms with Crippen molar-refractivity contribution in [2.45, 2.75) is 44.4 Å². The van der Waals surface area contributed by atoms with Crippen LogP contribution in [-0.4, -0.2) is 32.1 Å². The van der Waals surface area contributed by atoms with Gasteiger partial charge in [-0.25, -0.2) is 0 Å². The van der Waals surface area contributed by atoms with E-state index in [0.717, 1.165) is 49.9 Å². The molecule has 3 aromatic heterocycles. The fraction of sp³-hybridized carbons (Fsp3) is 0.421. The number of hydrogen-bond donors (Lipinski definition) is 1. The number of carbonyl (C=O) groups excluding carboxylic acids is 2. The van der Waals surface area contributed by atoms with Gasteiger partial charge in [0.2, 0.25) is 0 Å². The van der Waals surface area contributed by atoms with Gasteiger partial charge in [0, 0.05) is 17.8 Å². The van der Waals surface area contributed by atoms with Crippen LogP contribution in [0.2, 0.25) is 0 Å². The van der Waals surface area contributed by atoms with Crippen LogP contribution in [0.25, 0.3) is 11.5 Å². The van der Waals surface area contributed by atoms with Crippen LogP contribution in [0.1, 0.15) is 68.7 Å². The van der Waals surface area contributed by atoms with E-state index in [2.05, 4.69) is 20.6 Å². The van der Waals surface area contributed by atoms with E-state index in [4.69, 9.17) is 4.52 Å². The molecule has 9 heteroatoms. The van der Waals surface area contributed by atoms with E-state index < -0.39 is 0 Å². The summed E-state index contributed by atoms with van der Waals surface area (Å²) < 4.78 is 6.97. The van der Waals surface area contributed by atoms with Crippen molar-refractivity contribution < 1.29 is 14.1 Å². The maximum atomic E-state index is 12.8. The summed E-state index contributed by atoms with van der Waals surface area (Å²) in [5.41, 5.74) is 2.52. The van der Waals surface area contributed by atoms with Crippen LogP contribution in [-0.2, 0) is 19.9 Å². The number of rotatable bonds is 5. The van der Waals surface area contributed by atoms with Gasteiger partial charge in [-0.15, -0.1) is 11.3 Å². The van der Waals surface area contributed by atoms with E-state index in [9.17, 15) is 9.59 Å². The predicted octanol–water partition coefficient (Wildman–Crippen LogP) is 3.35. The Morgan fingerprint density at radius 2 is 2.18 bits per heavy atom. The summed E-state index contributed by atoms with van der Waals surface area (Å²) in [4.78, 5) is 30.0. The molecule has 28 heavy (non-hydrogen) atoms. The lowest BCUT2D eigenvalue weighted by Crippen LogP contribution is -2.14. The zero-order valence-electron chi connectivity index (χ0n) is 15.4. The molecule has 0 unspecified atom stereocenters. The van der Waals surface area contributed by atoms with Crippen LogP contribution in [0.5, 0.6) is 0 Å². The van der Waals surface area contributed by atoms with Crippen molar-refractivity contribution in [3.05, 3.63) is 33.7 Å². The van der Waals surface area contributed by atoms with Gasteiger partial charge in [-0.05, 0) is 44.1 Å². The monoisotopic (exact) mass is 397 g/mol. The van der Waals surface area contributed by atoms with E-state index in [0.29, 0.717) is 23.1 Å². The third-order valence-electron chi connectivity index (χ3n) is 5.34. The summed E-state index contributed by atoms with van der Waals surface area (Å²) in [6, 6.07) is 0. The van der Waals surface area contributed by atoms with Crippen molar-refractivity contribution in [2.75, 3.05) is 5.32 Å². The molecular formula is C19H19N5O3S. The molecule has 0 aliphatic heterocycles. The minimum Gasteiger partial charge on any atom is -0.334 e. The van der Waals surface area contributed by atoms with Gasteiger partial charge in [-0.2, -0.15) is 10.1 Å². The Morgan fingerprint density at radius 1 is 1.36 bits per heavy atom. The highest BCUT2D eigenvalue weighted by atomic mass is 32.1. The van der Waals surface area contributed by atoms with Gasteiger partial charge in [0.25, 0.3) is 11.8 Å². The predicted molar refractivity (Wildman–Crippen MR) is 103 cm³/mol. The summed E-state index contributed by atoms with van der Waals surface area (Å²) in [6.07, 6.45) is 8.40. The van der Waals surface area contributed by atoms with Crippen LogP contribution < -0.4 is 5.32 Å². The normalized spacial score (nSPS) is 16.0. The summed E-state index contributed by atoms with van der Waals surface area (Å²) in [5.74, 6) is 1.25. The number of carbonyl (C=O) groups is 2. The number of nitrogens with zero attached hydrogens (tertiary/aromatic N) is 4. The summed E-state index contributed by atoms with van der Waals surface area (Å²) in [6.45, 7) is 0. The van der Waals surface area contributed by atoms with Crippen LogP contribution in [0, 0.1) is 0 Å². The fourth-order valence-corrected chi connectivity index (χ4v) is 4.93. The second-order valence-electron chi connectivity index (χ2n) is 7.29. The van der Waals surface area contributed by atoms with Crippen molar-refractivity contribution in [2.24, 2.45) is 7.05 Å². The number of amides is 1. The number of fused-ring (bicyclic) bond motifs is 1. The van der Waals surface area contributed by atoms with Gasteiger partial charge in [0.15, 0.2) is 12.1 Å². The largest absolute Gasteiger partial charge is 0.334 e. The molecule has 0 bridgehead atoms. The average Bonchev–Trinajstić information content (AvgIpc) is 3.15. The maximum absolute atomic E-state index is 12.8. The van der Waals surface area contributed by atoms with E-state index in [1.165, 1.54) is 21.3 Å². The molecule has 0 saturated heterocycles. The van der Waals surface area contributed by atoms with E-state index in [1.807, 2.05) is 0 Å². The van der Waals surface area contributed by atoms with Crippen molar-refractivity contribution in [1.29, 1.82) is 0 Å². The molecule has 0 spiro atoms. The van der Waals surface area contributed by atoms with Crippen molar-refractivity contribution in [1.82, 2.24) is 19.9 Å². The lowest BCUT2D eigenvalue weighted by atomic mass is 9.95. The number of aryl methyl sites for hydroxylation is 2. The topological polar surface area (TPSA) is 103 Å². The molecule has 2 aliphatic carbocycles. The molecule has 0 atom stereocenters. The molecule has 2 aliphatic rings. The number of aldehydes is 1. The number of hydrogen-bond acceptors (Lipinski definition) is 7. The number of nitrogens with one attached hydrogen (secondary N) is 1. The molecule has 1 N–H and O–H groups in total. The molecule has 1 saturated carbocycles. The molecule has 5 rings (SSSR count). The quantitative estimate of drug-likeness (QED) is 0.662. The third-order valence-corrected chi connectivity index (χ3v) is 6.54. The minimum absolute atomic E-state index is 0.245. The summed E-state index contributed by atoms with van der Waals surface area (Å²) in [5, 5.41) is 11.8. The Kier molecular flexibility index (Phi) is 4.12. The van der Waals surface area contributed by atoms with E-state index in [1.54, 1.807) is 18.4 Å². The Labute approximate surface area is 164 Å². The first kappa shape index (κ1) is 17.3. The first-order valence-electron chi connectivity index (χ1n) is 9.42. The van der Waals surface area contributed by atoms with Gasteiger partial charge < -0.3 is 9.84 Å². The molecule has 0 aromatic carbocycles. The zero-order chi connectivity index (χ0) is 19.3. The SMILES string of the molecule is Cn1ncc(C(=O)Nc2sc3c(c2-c2nc(C4CC4)no2)CCCC3)c1C=O. The smallest absolute Gasteiger partial charge is 0.261 e. The van der Waals surface area contributed by atoms with Gasteiger partial charge in [-0.3, -0.25) is 14.3 Å². The van der Waals surface area contributed by atoms with Crippen LogP contribution in [0.4, 0.5) is 5.00 Å². The van der Waals surface area contributed by atoms with Crippen molar-refractivity contribution in [3.8, 4) is 11.5 Å². The number of thiophene rings is 1. The fourth-order valence-electron chi connectivity index (χ4n) is 3.66. The summed E-state index contributed by atoms with van der Waals surface area (Å²) in [7, 11) is 1.63. The minimum atomic E-state index is -0.364. The van der Waals surface area contributed by atoms with Gasteiger partial charge in [-0.1, -0.05) is 5.16 Å². The highest BCUT2D eigenvalue weighted by Crippen LogP contribution is 2.45. The maximum Gasteiger partial charge on any atom is 0.261 e. The van der Waals surface area contributed by atoms with E-state index in [-0.39, 0.29) is 17.2 Å². The first-order valence-corrected chi connectivity index (χ1v) is 10.2. The lowest BCUT2D eigenvalue weighted by Gasteiger charge is -2.11. The second kappa shape index (κ2) is 6.66. The van der Waals surface area contributed by atoms with Gasteiger partial charge in [0.05, 0.1) is 17.3 Å².